The number of halogens is 10. The summed E-state index contributed by atoms with van der Waals surface area (Å²) in [5.74, 6) is -3.45. The van der Waals surface area contributed by atoms with Gasteiger partial charge in [0.05, 0.1) is 0 Å². The minimum Gasteiger partial charge on any atom is -0.320 e. The topological polar surface area (TPSA) is 36.8 Å². The minimum absolute atomic E-state index is 0.0875. The molecule has 13 heteroatoms. The molecule has 0 fully saturated rings. The number of rotatable bonds is 4. The lowest BCUT2D eigenvalue weighted by atomic mass is 9.99. The zero-order chi connectivity index (χ0) is 19.3. The van der Waals surface area contributed by atoms with Gasteiger partial charge in [-0.3, -0.25) is 0 Å². The van der Waals surface area contributed by atoms with Crippen LogP contribution in [0.3, 0.4) is 0 Å². The first-order chi connectivity index (χ1) is 11.2. The predicted octanol–water partition coefficient (Wildman–Crippen LogP) is 5.39. The average molecular weight is 447 g/mol. The van der Waals surface area contributed by atoms with E-state index in [-0.39, 0.29) is 5.02 Å². The summed E-state index contributed by atoms with van der Waals surface area (Å²) in [5.41, 5.74) is -3.98. The van der Waals surface area contributed by atoms with Gasteiger partial charge in [-0.2, -0.15) is 26.3 Å². The second kappa shape index (κ2) is 6.37. The van der Waals surface area contributed by atoms with E-state index in [1.54, 1.807) is 0 Å². The maximum absolute atomic E-state index is 14.1. The lowest BCUT2D eigenvalue weighted by molar-refractivity contribution is 0.00716. The molecule has 1 aromatic carbocycles. The molecule has 3 nitrogen and oxygen atoms in total. The molecular weight excluding hydrogens is 442 g/mol. The van der Waals surface area contributed by atoms with E-state index in [4.69, 9.17) is 46.4 Å². The lowest BCUT2D eigenvalue weighted by Gasteiger charge is -2.36. The van der Waals surface area contributed by atoms with Crippen LogP contribution in [-0.4, -0.2) is 27.8 Å². The second-order valence-corrected chi connectivity index (χ2v) is 6.58. The Morgan fingerprint density at radius 1 is 0.800 bits per heavy atom. The normalized spacial score (nSPS) is 18.3. The Kier molecular flexibility index (Phi) is 5.20. The van der Waals surface area contributed by atoms with Crippen molar-refractivity contribution in [1.82, 2.24) is 5.32 Å². The van der Waals surface area contributed by atoms with E-state index in [0.29, 0.717) is 0 Å². The third-order valence-corrected chi connectivity index (χ3v) is 3.84. The van der Waals surface area contributed by atoms with Gasteiger partial charge in [-0.1, -0.05) is 23.7 Å². The highest BCUT2D eigenvalue weighted by Gasteiger charge is 2.59. The van der Waals surface area contributed by atoms with Gasteiger partial charge in [0.15, 0.2) is 11.7 Å². The first kappa shape index (κ1) is 20.4. The average Bonchev–Trinajstić information content (AvgIpc) is 2.44. The molecular formula is C12H5Cl4F6N3. The van der Waals surface area contributed by atoms with Gasteiger partial charge >= 0.3 is 16.1 Å². The van der Waals surface area contributed by atoms with Gasteiger partial charge in [-0.05, 0) is 46.9 Å². The second-order valence-electron chi connectivity index (χ2n) is 4.72. The molecule has 0 bridgehead atoms. The number of aliphatic imine (C=N–C) groups is 2. The number of nitrogens with zero attached hydrogens (tertiary/aromatic N) is 2. The van der Waals surface area contributed by atoms with Crippen molar-refractivity contribution in [2.45, 2.75) is 21.8 Å². The van der Waals surface area contributed by atoms with Gasteiger partial charge in [0.1, 0.15) is 0 Å². The lowest BCUT2D eigenvalue weighted by Crippen LogP contribution is -2.55. The van der Waals surface area contributed by atoms with Gasteiger partial charge in [-0.15, -0.1) is 0 Å². The van der Waals surface area contributed by atoms with Crippen molar-refractivity contribution < 1.29 is 26.3 Å². The van der Waals surface area contributed by atoms with Crippen LogP contribution in [0.25, 0.3) is 0 Å². The van der Waals surface area contributed by atoms with Crippen LogP contribution in [0.15, 0.2) is 34.3 Å². The van der Waals surface area contributed by atoms with Gasteiger partial charge in [0.2, 0.25) is 0 Å². The first-order valence-corrected chi connectivity index (χ1v) is 7.62. The highest BCUT2D eigenvalue weighted by Crippen LogP contribution is 2.48. The highest BCUT2D eigenvalue weighted by molar-refractivity contribution is 6.38. The van der Waals surface area contributed by atoms with E-state index in [9.17, 15) is 26.3 Å². The van der Waals surface area contributed by atoms with Crippen molar-refractivity contribution in [2.24, 2.45) is 9.98 Å². The fourth-order valence-corrected chi connectivity index (χ4v) is 2.39. The van der Waals surface area contributed by atoms with Crippen molar-refractivity contribution in [3.63, 3.8) is 0 Å². The molecule has 0 radical (unpaired) electrons. The van der Waals surface area contributed by atoms with E-state index < -0.39 is 39.0 Å². The Hall–Kier alpha value is -0.900. The molecule has 1 aliphatic rings. The summed E-state index contributed by atoms with van der Waals surface area (Å²) in [7, 11) is 0. The summed E-state index contributed by atoms with van der Waals surface area (Å²) in [6.07, 6.45) is 0. The van der Waals surface area contributed by atoms with Crippen molar-refractivity contribution >= 4 is 58.1 Å². The van der Waals surface area contributed by atoms with Crippen LogP contribution in [0.5, 0.6) is 0 Å². The number of alkyl halides is 9. The number of hydrogen-bond acceptors (Lipinski definition) is 3. The number of benzene rings is 1. The van der Waals surface area contributed by atoms with Crippen LogP contribution >= 0.6 is 46.4 Å². The van der Waals surface area contributed by atoms with Crippen LogP contribution in [-0.2, 0) is 5.66 Å². The molecule has 2 rings (SSSR count). The van der Waals surface area contributed by atoms with Crippen LogP contribution in [0.4, 0.5) is 26.3 Å². The molecule has 1 heterocycles. The van der Waals surface area contributed by atoms with Crippen LogP contribution in [0, 0.1) is 0 Å². The molecule has 0 aliphatic carbocycles. The van der Waals surface area contributed by atoms with Crippen LogP contribution < -0.4 is 5.32 Å². The van der Waals surface area contributed by atoms with Crippen molar-refractivity contribution in [3.8, 4) is 0 Å². The van der Waals surface area contributed by atoms with Gasteiger partial charge in [-0.25, -0.2) is 9.98 Å². The molecule has 0 spiro atoms. The van der Waals surface area contributed by atoms with Gasteiger partial charge in [0.25, 0.3) is 5.66 Å². The molecule has 1 N–H and O–H groups in total. The van der Waals surface area contributed by atoms with E-state index in [1.807, 2.05) is 0 Å². The maximum Gasteiger partial charge on any atom is 0.379 e. The smallest absolute Gasteiger partial charge is 0.320 e. The molecule has 0 aromatic heterocycles. The maximum atomic E-state index is 14.1. The molecule has 25 heavy (non-hydrogen) atoms. The number of hydrogen-bond donors (Lipinski definition) is 1. The fourth-order valence-electron chi connectivity index (χ4n) is 1.89. The molecule has 0 unspecified atom stereocenters. The van der Waals surface area contributed by atoms with Crippen LogP contribution in [0.1, 0.15) is 5.56 Å². The Bertz CT molecular complexity index is 688. The number of nitrogens with one attached hydrogen (secondary N) is 1. The quantitative estimate of drug-likeness (QED) is 0.488. The zero-order valence-corrected chi connectivity index (χ0v) is 14.5. The summed E-state index contributed by atoms with van der Waals surface area (Å²) in [6.45, 7) is 0. The molecule has 0 saturated carbocycles. The standard InChI is InChI=1S/C12H5Cl4F6N3/c13-6-3-1-5(2-4-6)9(12(16,21)22)24-7(10(14,17)18)23-8(25-9)11(15,19)20/h1-4H,(H,23,24,25). The summed E-state index contributed by atoms with van der Waals surface area (Å²) in [5, 5.41) is -11.9. The Morgan fingerprint density at radius 2 is 1.20 bits per heavy atom. The van der Waals surface area contributed by atoms with E-state index in [1.165, 1.54) is 5.32 Å². The monoisotopic (exact) mass is 445 g/mol. The summed E-state index contributed by atoms with van der Waals surface area (Å²) >= 11 is 20.1. The Balaban J connectivity index is 2.82. The molecule has 1 aliphatic heterocycles. The SMILES string of the molecule is FC(F)(Cl)C1=NC(c2ccc(Cl)cc2)(C(F)(F)Cl)N=C(C(F)(F)Cl)N1. The number of amidine groups is 2. The van der Waals surface area contributed by atoms with Crippen LogP contribution in [0.2, 0.25) is 5.02 Å². The summed E-state index contributed by atoms with van der Waals surface area (Å²) in [4.78, 5) is 6.08. The van der Waals surface area contributed by atoms with Gasteiger partial charge in [0, 0.05) is 10.6 Å². The molecule has 0 saturated heterocycles. The van der Waals surface area contributed by atoms with E-state index >= 15 is 0 Å². The molecule has 1 aromatic rings. The fraction of sp³-hybridized carbons (Fsp3) is 0.333. The summed E-state index contributed by atoms with van der Waals surface area (Å²) in [6, 6.07) is 3.99. The molecule has 138 valence electrons. The van der Waals surface area contributed by atoms with E-state index in [2.05, 4.69) is 9.98 Å². The largest absolute Gasteiger partial charge is 0.379 e. The molecule has 0 atom stereocenters. The summed E-state index contributed by atoms with van der Waals surface area (Å²) < 4.78 is 81.8. The minimum atomic E-state index is -4.51. The first-order valence-electron chi connectivity index (χ1n) is 6.11. The van der Waals surface area contributed by atoms with Crippen molar-refractivity contribution in [2.75, 3.05) is 0 Å². The van der Waals surface area contributed by atoms with E-state index in [0.717, 1.165) is 24.3 Å². The third-order valence-electron chi connectivity index (χ3n) is 2.96. The van der Waals surface area contributed by atoms with Gasteiger partial charge < -0.3 is 5.32 Å². The predicted molar refractivity (Wildman–Crippen MR) is 83.5 cm³/mol. The van der Waals surface area contributed by atoms with Crippen molar-refractivity contribution in [1.29, 1.82) is 0 Å². The Labute approximate surface area is 156 Å². The van der Waals surface area contributed by atoms with Crippen molar-refractivity contribution in [3.05, 3.63) is 34.9 Å². The zero-order valence-electron chi connectivity index (χ0n) is 11.5. The Morgan fingerprint density at radius 3 is 1.52 bits per heavy atom. The third kappa shape index (κ3) is 4.10. The molecule has 0 amide bonds. The highest BCUT2D eigenvalue weighted by atomic mass is 35.5.